The highest BCUT2D eigenvalue weighted by atomic mass is 32.2. The number of sulfonamides is 1. The molecule has 142 valence electrons. The first-order chi connectivity index (χ1) is 13.3. The van der Waals surface area contributed by atoms with Crippen LogP contribution < -0.4 is 14.4 Å². The number of nitrogens with zero attached hydrogens (tertiary/aromatic N) is 1. The van der Waals surface area contributed by atoms with Crippen molar-refractivity contribution in [2.24, 2.45) is 0 Å². The summed E-state index contributed by atoms with van der Waals surface area (Å²) in [6.07, 6.45) is 0. The quantitative estimate of drug-likeness (QED) is 0.723. The molecule has 0 radical (unpaired) electrons. The number of nitrogens with one attached hydrogen (secondary N) is 1. The number of carbonyl (C=O) groups excluding carboxylic acids is 1. The second-order valence-electron chi connectivity index (χ2n) is 6.20. The van der Waals surface area contributed by atoms with Crippen LogP contribution in [0.2, 0.25) is 0 Å². The van der Waals surface area contributed by atoms with Gasteiger partial charge in [-0.05, 0) is 54.6 Å². The van der Waals surface area contributed by atoms with Crippen LogP contribution >= 0.6 is 0 Å². The molecule has 0 aliphatic carbocycles. The third-order valence-electron chi connectivity index (χ3n) is 4.34. The molecule has 1 amide bonds. The van der Waals surface area contributed by atoms with Crippen molar-refractivity contribution < 1.29 is 22.3 Å². The fraction of sp³-hybridized carbons (Fsp3) is 0.0500. The number of rotatable bonds is 3. The maximum atomic E-state index is 13.0. The van der Waals surface area contributed by atoms with Gasteiger partial charge in [0.1, 0.15) is 11.6 Å². The molecular weight excluding hydrogens is 383 g/mol. The van der Waals surface area contributed by atoms with Gasteiger partial charge in [0.2, 0.25) is 0 Å². The first-order valence-corrected chi connectivity index (χ1v) is 9.81. The Morgan fingerprint density at radius 2 is 1.68 bits per heavy atom. The number of ether oxygens (including phenoxy) is 1. The maximum Gasteiger partial charge on any atom is 0.261 e. The highest BCUT2D eigenvalue weighted by Crippen LogP contribution is 2.39. The Balaban J connectivity index is 1.70. The molecular formula is C20H15FN2O4S. The summed E-state index contributed by atoms with van der Waals surface area (Å²) in [5, 5.41) is 0. The molecule has 0 saturated heterocycles. The van der Waals surface area contributed by atoms with Crippen LogP contribution in [-0.4, -0.2) is 21.4 Å². The smallest absolute Gasteiger partial charge is 0.261 e. The Hall–Kier alpha value is -3.39. The Morgan fingerprint density at radius 1 is 0.964 bits per heavy atom. The van der Waals surface area contributed by atoms with E-state index in [1.54, 1.807) is 31.3 Å². The Morgan fingerprint density at radius 3 is 2.43 bits per heavy atom. The van der Waals surface area contributed by atoms with Gasteiger partial charge in [-0.2, -0.15) is 0 Å². The van der Waals surface area contributed by atoms with E-state index in [4.69, 9.17) is 4.74 Å². The maximum absolute atomic E-state index is 13.0. The monoisotopic (exact) mass is 398 g/mol. The van der Waals surface area contributed by atoms with E-state index in [9.17, 15) is 17.6 Å². The van der Waals surface area contributed by atoms with Gasteiger partial charge in [-0.1, -0.05) is 12.1 Å². The zero-order valence-electron chi connectivity index (χ0n) is 14.7. The van der Waals surface area contributed by atoms with Crippen molar-refractivity contribution in [2.45, 2.75) is 4.90 Å². The van der Waals surface area contributed by atoms with Gasteiger partial charge in [-0.15, -0.1) is 0 Å². The van der Waals surface area contributed by atoms with E-state index in [1.807, 2.05) is 0 Å². The van der Waals surface area contributed by atoms with Gasteiger partial charge in [0.25, 0.3) is 15.9 Å². The summed E-state index contributed by atoms with van der Waals surface area (Å²) >= 11 is 0. The van der Waals surface area contributed by atoms with Crippen molar-refractivity contribution in [1.82, 2.24) is 0 Å². The highest BCUT2D eigenvalue weighted by molar-refractivity contribution is 7.92. The topological polar surface area (TPSA) is 75.7 Å². The van der Waals surface area contributed by atoms with E-state index in [-0.39, 0.29) is 22.1 Å². The lowest BCUT2D eigenvalue weighted by Gasteiger charge is -2.16. The predicted molar refractivity (Wildman–Crippen MR) is 103 cm³/mol. The standard InChI is InChI=1S/C20H15FN2O4S/c1-23-17-4-2-3-5-19(17)27-18-11-8-14(12-16(18)20(23)24)22-28(25,26)15-9-6-13(21)7-10-15/h2-12,22H,1H3. The third-order valence-corrected chi connectivity index (χ3v) is 5.73. The average molecular weight is 398 g/mol. The van der Waals surface area contributed by atoms with Crippen LogP contribution in [-0.2, 0) is 10.0 Å². The average Bonchev–Trinajstić information content (AvgIpc) is 2.78. The lowest BCUT2D eigenvalue weighted by Crippen LogP contribution is -2.25. The molecule has 8 heteroatoms. The van der Waals surface area contributed by atoms with Crippen LogP contribution in [0.5, 0.6) is 11.5 Å². The first kappa shape index (κ1) is 18.0. The highest BCUT2D eigenvalue weighted by Gasteiger charge is 2.26. The van der Waals surface area contributed by atoms with Gasteiger partial charge in [0.05, 0.1) is 16.1 Å². The molecule has 0 saturated carbocycles. The lowest BCUT2D eigenvalue weighted by atomic mass is 10.1. The molecule has 0 fully saturated rings. The molecule has 0 bridgehead atoms. The summed E-state index contributed by atoms with van der Waals surface area (Å²) in [4.78, 5) is 14.2. The minimum absolute atomic E-state index is 0.0871. The summed E-state index contributed by atoms with van der Waals surface area (Å²) in [7, 11) is -2.31. The van der Waals surface area contributed by atoms with E-state index in [2.05, 4.69) is 4.72 Å². The van der Waals surface area contributed by atoms with Gasteiger partial charge in [0.15, 0.2) is 5.75 Å². The molecule has 1 N–H and O–H groups in total. The van der Waals surface area contributed by atoms with Crippen LogP contribution in [0.15, 0.2) is 71.6 Å². The Labute approximate surface area is 161 Å². The van der Waals surface area contributed by atoms with Crippen molar-refractivity contribution in [1.29, 1.82) is 0 Å². The summed E-state index contributed by atoms with van der Waals surface area (Å²) in [6.45, 7) is 0. The molecule has 3 aromatic carbocycles. The van der Waals surface area contributed by atoms with Gasteiger partial charge < -0.3 is 9.64 Å². The number of fused-ring (bicyclic) bond motifs is 2. The number of carbonyl (C=O) groups is 1. The first-order valence-electron chi connectivity index (χ1n) is 8.32. The molecule has 1 aliphatic heterocycles. The van der Waals surface area contributed by atoms with E-state index < -0.39 is 15.8 Å². The molecule has 0 unspecified atom stereocenters. The summed E-state index contributed by atoms with van der Waals surface area (Å²) in [5.74, 6) is -0.0135. The van der Waals surface area contributed by atoms with Crippen LogP contribution in [0.25, 0.3) is 0 Å². The molecule has 6 nitrogen and oxygen atoms in total. The molecule has 1 aliphatic rings. The predicted octanol–water partition coefficient (Wildman–Crippen LogP) is 4.01. The molecule has 0 aromatic heterocycles. The van der Waals surface area contributed by atoms with Crippen LogP contribution in [0, 0.1) is 5.82 Å². The van der Waals surface area contributed by atoms with Crippen molar-refractivity contribution in [3.05, 3.63) is 78.1 Å². The molecule has 1 heterocycles. The fourth-order valence-electron chi connectivity index (χ4n) is 2.91. The normalized spacial score (nSPS) is 13.2. The number of benzene rings is 3. The number of hydrogen-bond donors (Lipinski definition) is 1. The van der Waals surface area contributed by atoms with Gasteiger partial charge in [-0.25, -0.2) is 12.8 Å². The number of anilines is 2. The minimum atomic E-state index is -3.93. The van der Waals surface area contributed by atoms with Crippen LogP contribution in [0.4, 0.5) is 15.8 Å². The van der Waals surface area contributed by atoms with Gasteiger partial charge in [-0.3, -0.25) is 9.52 Å². The summed E-state index contributed by atoms with van der Waals surface area (Å²) in [6, 6.07) is 16.0. The SMILES string of the molecule is CN1C(=O)c2cc(NS(=O)(=O)c3ccc(F)cc3)ccc2Oc2ccccc21. The number of halogens is 1. The number of para-hydroxylation sites is 2. The third kappa shape index (κ3) is 3.18. The Kier molecular flexibility index (Phi) is 4.27. The largest absolute Gasteiger partial charge is 0.454 e. The number of amides is 1. The second-order valence-corrected chi connectivity index (χ2v) is 7.89. The lowest BCUT2D eigenvalue weighted by molar-refractivity contribution is 0.0993. The fourth-order valence-corrected chi connectivity index (χ4v) is 3.96. The van der Waals surface area contributed by atoms with Crippen LogP contribution in [0.1, 0.15) is 10.4 Å². The van der Waals surface area contributed by atoms with Crippen molar-refractivity contribution >= 4 is 27.3 Å². The van der Waals surface area contributed by atoms with E-state index in [0.29, 0.717) is 17.2 Å². The van der Waals surface area contributed by atoms with Crippen molar-refractivity contribution in [2.75, 3.05) is 16.7 Å². The second kappa shape index (κ2) is 6.65. The van der Waals surface area contributed by atoms with Gasteiger partial charge in [0, 0.05) is 12.7 Å². The zero-order valence-corrected chi connectivity index (χ0v) is 15.5. The van der Waals surface area contributed by atoms with Crippen LogP contribution in [0.3, 0.4) is 0 Å². The molecule has 0 spiro atoms. The molecule has 0 atom stereocenters. The zero-order chi connectivity index (χ0) is 19.9. The summed E-state index contributed by atoms with van der Waals surface area (Å²) in [5.41, 5.74) is 1.02. The van der Waals surface area contributed by atoms with Crippen molar-refractivity contribution in [3.63, 3.8) is 0 Å². The van der Waals surface area contributed by atoms with E-state index in [1.165, 1.54) is 35.2 Å². The minimum Gasteiger partial charge on any atom is -0.454 e. The molecule has 4 rings (SSSR count). The van der Waals surface area contributed by atoms with E-state index >= 15 is 0 Å². The summed E-state index contributed by atoms with van der Waals surface area (Å²) < 4.78 is 46.3. The number of hydrogen-bond acceptors (Lipinski definition) is 4. The van der Waals surface area contributed by atoms with E-state index in [0.717, 1.165) is 12.1 Å². The molecule has 3 aromatic rings. The van der Waals surface area contributed by atoms with Gasteiger partial charge >= 0.3 is 0 Å². The molecule has 28 heavy (non-hydrogen) atoms. The Bertz CT molecular complexity index is 1180. The van der Waals surface area contributed by atoms with Crippen molar-refractivity contribution in [3.8, 4) is 11.5 Å².